The number of nitrogens with one attached hydrogen (secondary N) is 2. The van der Waals surface area contributed by atoms with Crippen LogP contribution in [0, 0.1) is 5.92 Å². The van der Waals surface area contributed by atoms with Crippen LogP contribution >= 0.6 is 0 Å². The molecule has 3 heteroatoms. The van der Waals surface area contributed by atoms with Crippen molar-refractivity contribution in [2.45, 2.75) is 25.7 Å². The van der Waals surface area contributed by atoms with Crippen LogP contribution in [0.5, 0.6) is 0 Å². The van der Waals surface area contributed by atoms with Crippen molar-refractivity contribution in [1.29, 1.82) is 0 Å². The van der Waals surface area contributed by atoms with Crippen LogP contribution in [0.1, 0.15) is 25.7 Å². The summed E-state index contributed by atoms with van der Waals surface area (Å²) in [6.45, 7) is 5.58. The summed E-state index contributed by atoms with van der Waals surface area (Å²) in [5, 5.41) is 6.86. The molecule has 0 atom stereocenters. The van der Waals surface area contributed by atoms with Crippen molar-refractivity contribution in [2.75, 3.05) is 39.9 Å². The third-order valence-corrected chi connectivity index (χ3v) is 2.89. The molecule has 0 radical (unpaired) electrons. The highest BCUT2D eigenvalue weighted by atomic mass is 16.5. The molecule has 0 unspecified atom stereocenters. The second-order valence-electron chi connectivity index (χ2n) is 4.08. The lowest BCUT2D eigenvalue weighted by Gasteiger charge is -2.22. The van der Waals surface area contributed by atoms with E-state index in [0.717, 1.165) is 25.5 Å². The molecule has 0 amide bonds. The van der Waals surface area contributed by atoms with Crippen LogP contribution in [0.2, 0.25) is 0 Å². The van der Waals surface area contributed by atoms with Gasteiger partial charge >= 0.3 is 0 Å². The molecule has 1 heterocycles. The minimum Gasteiger partial charge on any atom is -0.385 e. The Balaban J connectivity index is 1.82. The van der Waals surface area contributed by atoms with Crippen LogP contribution in [0.15, 0.2) is 0 Å². The van der Waals surface area contributed by atoms with Gasteiger partial charge in [0, 0.05) is 13.7 Å². The maximum absolute atomic E-state index is 4.99. The summed E-state index contributed by atoms with van der Waals surface area (Å²) in [4.78, 5) is 0. The number of piperidine rings is 1. The molecular formula is C11H24N2O. The Morgan fingerprint density at radius 2 is 2.07 bits per heavy atom. The quantitative estimate of drug-likeness (QED) is 0.602. The molecule has 0 bridgehead atoms. The van der Waals surface area contributed by atoms with E-state index in [1.165, 1.54) is 38.9 Å². The lowest BCUT2D eigenvalue weighted by molar-refractivity contribution is 0.194. The van der Waals surface area contributed by atoms with E-state index in [1.807, 2.05) is 0 Å². The van der Waals surface area contributed by atoms with E-state index in [1.54, 1.807) is 7.11 Å². The smallest absolute Gasteiger partial charge is 0.0474 e. The number of hydrogen-bond acceptors (Lipinski definition) is 3. The molecule has 1 aliphatic heterocycles. The Kier molecular flexibility index (Phi) is 7.01. The summed E-state index contributed by atoms with van der Waals surface area (Å²) in [7, 11) is 1.76. The molecule has 14 heavy (non-hydrogen) atoms. The fourth-order valence-corrected chi connectivity index (χ4v) is 1.94. The fraction of sp³-hybridized carbons (Fsp3) is 1.00. The van der Waals surface area contributed by atoms with E-state index in [9.17, 15) is 0 Å². The summed E-state index contributed by atoms with van der Waals surface area (Å²) >= 11 is 0. The van der Waals surface area contributed by atoms with Crippen LogP contribution in [-0.4, -0.2) is 39.9 Å². The SMILES string of the molecule is COCCCNCCC1CCNCC1. The lowest BCUT2D eigenvalue weighted by Crippen LogP contribution is -2.30. The second kappa shape index (κ2) is 8.21. The zero-order chi connectivity index (χ0) is 10.1. The fourth-order valence-electron chi connectivity index (χ4n) is 1.94. The van der Waals surface area contributed by atoms with Gasteiger partial charge in [-0.05, 0) is 57.8 Å². The molecule has 0 spiro atoms. The largest absolute Gasteiger partial charge is 0.385 e. The molecule has 0 aromatic heterocycles. The van der Waals surface area contributed by atoms with Gasteiger partial charge in [0.1, 0.15) is 0 Å². The van der Waals surface area contributed by atoms with Crippen LogP contribution in [-0.2, 0) is 4.74 Å². The number of ether oxygens (including phenoxy) is 1. The van der Waals surface area contributed by atoms with Gasteiger partial charge in [0.15, 0.2) is 0 Å². The molecule has 0 saturated carbocycles. The van der Waals surface area contributed by atoms with Gasteiger partial charge in [-0.25, -0.2) is 0 Å². The first-order chi connectivity index (χ1) is 6.93. The third kappa shape index (κ3) is 5.58. The summed E-state index contributed by atoms with van der Waals surface area (Å²) in [6.07, 6.45) is 5.19. The summed E-state index contributed by atoms with van der Waals surface area (Å²) in [5.74, 6) is 0.950. The van der Waals surface area contributed by atoms with Crippen LogP contribution in [0.4, 0.5) is 0 Å². The van der Waals surface area contributed by atoms with Crippen molar-refractivity contribution >= 4 is 0 Å². The Morgan fingerprint density at radius 3 is 2.79 bits per heavy atom. The summed E-state index contributed by atoms with van der Waals surface area (Å²) in [6, 6.07) is 0. The van der Waals surface area contributed by atoms with Crippen molar-refractivity contribution in [2.24, 2.45) is 5.92 Å². The van der Waals surface area contributed by atoms with Crippen molar-refractivity contribution in [3.63, 3.8) is 0 Å². The van der Waals surface area contributed by atoms with Crippen molar-refractivity contribution < 1.29 is 4.74 Å². The van der Waals surface area contributed by atoms with Gasteiger partial charge < -0.3 is 15.4 Å². The zero-order valence-corrected chi connectivity index (χ0v) is 9.35. The van der Waals surface area contributed by atoms with Gasteiger partial charge in [-0.3, -0.25) is 0 Å². The molecule has 3 nitrogen and oxygen atoms in total. The molecular weight excluding hydrogens is 176 g/mol. The highest BCUT2D eigenvalue weighted by Crippen LogP contribution is 2.14. The number of rotatable bonds is 7. The van der Waals surface area contributed by atoms with E-state index in [4.69, 9.17) is 4.74 Å². The van der Waals surface area contributed by atoms with Gasteiger partial charge in [-0.15, -0.1) is 0 Å². The van der Waals surface area contributed by atoms with Crippen molar-refractivity contribution in [1.82, 2.24) is 10.6 Å². The Morgan fingerprint density at radius 1 is 1.29 bits per heavy atom. The standard InChI is InChI=1S/C11H24N2O/c1-14-10-2-6-12-7-3-11-4-8-13-9-5-11/h11-13H,2-10H2,1H3. The Labute approximate surface area is 87.6 Å². The normalized spacial score (nSPS) is 18.6. The van der Waals surface area contributed by atoms with Gasteiger partial charge in [0.2, 0.25) is 0 Å². The Hall–Kier alpha value is -0.120. The van der Waals surface area contributed by atoms with Crippen molar-refractivity contribution in [3.05, 3.63) is 0 Å². The first kappa shape index (κ1) is 12.0. The van der Waals surface area contributed by atoms with E-state index < -0.39 is 0 Å². The van der Waals surface area contributed by atoms with Gasteiger partial charge in [0.05, 0.1) is 0 Å². The number of methoxy groups -OCH3 is 1. The first-order valence-electron chi connectivity index (χ1n) is 5.84. The van der Waals surface area contributed by atoms with Crippen LogP contribution in [0.3, 0.4) is 0 Å². The molecule has 2 N–H and O–H groups in total. The van der Waals surface area contributed by atoms with E-state index in [-0.39, 0.29) is 0 Å². The highest BCUT2D eigenvalue weighted by Gasteiger charge is 2.11. The zero-order valence-electron chi connectivity index (χ0n) is 9.35. The van der Waals surface area contributed by atoms with Gasteiger partial charge in [-0.1, -0.05) is 0 Å². The molecule has 0 aliphatic carbocycles. The minimum atomic E-state index is 0.875. The molecule has 1 aliphatic rings. The van der Waals surface area contributed by atoms with Crippen LogP contribution < -0.4 is 10.6 Å². The molecule has 1 fully saturated rings. The molecule has 84 valence electrons. The summed E-state index contributed by atoms with van der Waals surface area (Å²) < 4.78 is 4.99. The predicted octanol–water partition coefficient (Wildman–Crippen LogP) is 1.00. The lowest BCUT2D eigenvalue weighted by atomic mass is 9.95. The van der Waals surface area contributed by atoms with E-state index in [0.29, 0.717) is 0 Å². The van der Waals surface area contributed by atoms with E-state index in [2.05, 4.69) is 10.6 Å². The topological polar surface area (TPSA) is 33.3 Å². The van der Waals surface area contributed by atoms with E-state index >= 15 is 0 Å². The summed E-state index contributed by atoms with van der Waals surface area (Å²) in [5.41, 5.74) is 0. The molecule has 1 rings (SSSR count). The average molecular weight is 200 g/mol. The second-order valence-corrected chi connectivity index (χ2v) is 4.08. The maximum Gasteiger partial charge on any atom is 0.0474 e. The predicted molar refractivity (Wildman–Crippen MR) is 59.6 cm³/mol. The monoisotopic (exact) mass is 200 g/mol. The Bertz CT molecular complexity index is 124. The third-order valence-electron chi connectivity index (χ3n) is 2.89. The average Bonchev–Trinajstić information content (AvgIpc) is 2.25. The molecule has 0 aromatic carbocycles. The first-order valence-corrected chi connectivity index (χ1v) is 5.84. The maximum atomic E-state index is 4.99. The highest BCUT2D eigenvalue weighted by molar-refractivity contribution is 4.69. The molecule has 1 saturated heterocycles. The van der Waals surface area contributed by atoms with Gasteiger partial charge in [-0.2, -0.15) is 0 Å². The van der Waals surface area contributed by atoms with Crippen LogP contribution in [0.25, 0.3) is 0 Å². The van der Waals surface area contributed by atoms with Gasteiger partial charge in [0.25, 0.3) is 0 Å². The minimum absolute atomic E-state index is 0.875. The number of hydrogen-bond donors (Lipinski definition) is 2. The van der Waals surface area contributed by atoms with Crippen molar-refractivity contribution in [3.8, 4) is 0 Å². The molecule has 0 aromatic rings.